The van der Waals surface area contributed by atoms with Gasteiger partial charge in [-0.1, -0.05) is 12.8 Å². The topological polar surface area (TPSA) is 71.3 Å². The summed E-state index contributed by atoms with van der Waals surface area (Å²) in [7, 11) is 3.67. The van der Waals surface area contributed by atoms with Gasteiger partial charge in [0, 0.05) is 68.3 Å². The molecule has 0 unspecified atom stereocenters. The highest BCUT2D eigenvalue weighted by Gasteiger charge is 2.28. The molecule has 0 bridgehead atoms. The van der Waals surface area contributed by atoms with Crippen LogP contribution in [0.4, 0.5) is 17.1 Å². The van der Waals surface area contributed by atoms with Crippen LogP contribution in [0.2, 0.25) is 0 Å². The number of piperazine rings is 1. The van der Waals surface area contributed by atoms with Crippen LogP contribution in [0, 0.1) is 0 Å². The van der Waals surface area contributed by atoms with E-state index in [-0.39, 0.29) is 0 Å². The molecule has 168 valence electrons. The second kappa shape index (κ2) is 9.16. The van der Waals surface area contributed by atoms with E-state index in [1.165, 1.54) is 37.7 Å². The van der Waals surface area contributed by atoms with Crippen LogP contribution < -0.4 is 15.0 Å². The van der Waals surface area contributed by atoms with Gasteiger partial charge in [-0.3, -0.25) is 9.58 Å². The maximum absolute atomic E-state index is 5.79. The van der Waals surface area contributed by atoms with Gasteiger partial charge in [-0.25, -0.2) is 9.97 Å². The van der Waals surface area contributed by atoms with E-state index in [2.05, 4.69) is 48.5 Å². The molecule has 1 aliphatic carbocycles. The molecule has 1 saturated carbocycles. The van der Waals surface area contributed by atoms with Crippen molar-refractivity contribution in [1.29, 1.82) is 0 Å². The molecule has 0 spiro atoms. The highest BCUT2D eigenvalue weighted by atomic mass is 16.5. The Kier molecular flexibility index (Phi) is 5.94. The Bertz CT molecular complexity index is 1040. The number of benzene rings is 1. The van der Waals surface area contributed by atoms with Gasteiger partial charge >= 0.3 is 0 Å². The molecule has 3 aromatic rings. The molecule has 1 aromatic carbocycles. The Labute approximate surface area is 189 Å². The lowest BCUT2D eigenvalue weighted by Crippen LogP contribution is -2.49. The van der Waals surface area contributed by atoms with Gasteiger partial charge in [0.2, 0.25) is 0 Å². The van der Waals surface area contributed by atoms with Crippen molar-refractivity contribution in [3.63, 3.8) is 0 Å². The van der Waals surface area contributed by atoms with Crippen molar-refractivity contribution in [1.82, 2.24) is 24.6 Å². The molecule has 1 saturated heterocycles. The smallest absolute Gasteiger partial charge is 0.144 e. The van der Waals surface area contributed by atoms with E-state index in [4.69, 9.17) is 4.74 Å². The van der Waals surface area contributed by atoms with E-state index in [1.807, 2.05) is 17.9 Å². The summed E-state index contributed by atoms with van der Waals surface area (Å²) in [4.78, 5) is 13.4. The predicted molar refractivity (Wildman–Crippen MR) is 127 cm³/mol. The van der Waals surface area contributed by atoms with Gasteiger partial charge in [-0.15, -0.1) is 0 Å². The maximum Gasteiger partial charge on any atom is 0.144 e. The van der Waals surface area contributed by atoms with E-state index in [0.29, 0.717) is 0 Å². The third-order valence-electron chi connectivity index (χ3n) is 6.67. The molecular formula is C24H31N7O. The molecule has 1 aliphatic heterocycles. The highest BCUT2D eigenvalue weighted by Crippen LogP contribution is 2.41. The summed E-state index contributed by atoms with van der Waals surface area (Å²) in [6.07, 6.45) is 14.5. The third kappa shape index (κ3) is 4.27. The van der Waals surface area contributed by atoms with Crippen molar-refractivity contribution in [2.75, 3.05) is 43.5 Å². The van der Waals surface area contributed by atoms with E-state index in [9.17, 15) is 0 Å². The lowest BCUT2D eigenvalue weighted by molar-refractivity contribution is 0.187. The van der Waals surface area contributed by atoms with E-state index < -0.39 is 0 Å². The van der Waals surface area contributed by atoms with Crippen molar-refractivity contribution >= 4 is 17.1 Å². The van der Waals surface area contributed by atoms with Gasteiger partial charge in [-0.05, 0) is 18.9 Å². The molecule has 0 atom stereocenters. The first kappa shape index (κ1) is 20.8. The monoisotopic (exact) mass is 433 g/mol. The second-order valence-electron chi connectivity index (χ2n) is 8.69. The molecule has 5 rings (SSSR count). The van der Waals surface area contributed by atoms with Crippen molar-refractivity contribution < 1.29 is 4.74 Å². The van der Waals surface area contributed by atoms with Gasteiger partial charge in [0.1, 0.15) is 12.1 Å². The quantitative estimate of drug-likeness (QED) is 0.636. The molecule has 3 heterocycles. The number of anilines is 3. The van der Waals surface area contributed by atoms with Gasteiger partial charge in [0.05, 0.1) is 37.1 Å². The Morgan fingerprint density at radius 3 is 2.41 bits per heavy atom. The number of aryl methyl sites for hydroxylation is 1. The first-order chi connectivity index (χ1) is 15.7. The van der Waals surface area contributed by atoms with Crippen LogP contribution in [0.1, 0.15) is 25.7 Å². The first-order valence-electron chi connectivity index (χ1n) is 11.4. The number of hydrogen-bond acceptors (Lipinski definition) is 7. The summed E-state index contributed by atoms with van der Waals surface area (Å²) in [6, 6.07) is 5.09. The predicted octanol–water partition coefficient (Wildman–Crippen LogP) is 3.69. The molecule has 2 fully saturated rings. The van der Waals surface area contributed by atoms with Crippen LogP contribution in [0.3, 0.4) is 0 Å². The van der Waals surface area contributed by atoms with Gasteiger partial charge in [-0.2, -0.15) is 5.10 Å². The van der Waals surface area contributed by atoms with Crippen LogP contribution in [0.15, 0.2) is 43.2 Å². The fourth-order valence-corrected chi connectivity index (χ4v) is 5.01. The Hall–Kier alpha value is -3.13. The van der Waals surface area contributed by atoms with Crippen LogP contribution in [0.25, 0.3) is 11.1 Å². The SMILES string of the molecule is COc1cc(N2CCN(C3CCCC3)CC2)c(-c2cnn(C)c2)cc1Nc1cncnc1. The maximum atomic E-state index is 5.79. The number of ether oxygens (including phenoxy) is 1. The van der Waals surface area contributed by atoms with Crippen molar-refractivity contribution in [3.05, 3.63) is 43.2 Å². The zero-order chi connectivity index (χ0) is 21.9. The number of rotatable bonds is 6. The van der Waals surface area contributed by atoms with E-state index in [0.717, 1.165) is 60.5 Å². The van der Waals surface area contributed by atoms with Gasteiger partial charge < -0.3 is 15.0 Å². The first-order valence-corrected chi connectivity index (χ1v) is 11.4. The molecule has 32 heavy (non-hydrogen) atoms. The summed E-state index contributed by atoms with van der Waals surface area (Å²) in [6.45, 7) is 4.26. The molecule has 8 nitrogen and oxygen atoms in total. The largest absolute Gasteiger partial charge is 0.494 e. The molecule has 0 radical (unpaired) electrons. The molecule has 2 aliphatic rings. The number of hydrogen-bond donors (Lipinski definition) is 1. The lowest BCUT2D eigenvalue weighted by atomic mass is 10.0. The van der Waals surface area contributed by atoms with Gasteiger partial charge in [0.15, 0.2) is 0 Å². The summed E-state index contributed by atoms with van der Waals surface area (Å²) in [5.41, 5.74) is 5.13. The number of nitrogens with one attached hydrogen (secondary N) is 1. The summed E-state index contributed by atoms with van der Waals surface area (Å²) in [5, 5.41) is 7.83. The molecular weight excluding hydrogens is 402 g/mol. The highest BCUT2D eigenvalue weighted by molar-refractivity contribution is 5.85. The van der Waals surface area contributed by atoms with Crippen LogP contribution in [0.5, 0.6) is 5.75 Å². The zero-order valence-electron chi connectivity index (χ0n) is 18.9. The Balaban J connectivity index is 1.47. The minimum atomic E-state index is 0.782. The van der Waals surface area contributed by atoms with Crippen molar-refractivity contribution in [3.8, 4) is 16.9 Å². The summed E-state index contributed by atoms with van der Waals surface area (Å²) in [5.74, 6) is 0.801. The zero-order valence-corrected chi connectivity index (χ0v) is 18.9. The number of methoxy groups -OCH3 is 1. The fourth-order valence-electron chi connectivity index (χ4n) is 5.01. The van der Waals surface area contributed by atoms with Crippen LogP contribution in [-0.4, -0.2) is 64.0 Å². The Morgan fingerprint density at radius 1 is 1.00 bits per heavy atom. The molecule has 2 aromatic heterocycles. The minimum Gasteiger partial charge on any atom is -0.494 e. The Morgan fingerprint density at radius 2 is 1.75 bits per heavy atom. The second-order valence-corrected chi connectivity index (χ2v) is 8.69. The average molecular weight is 434 g/mol. The standard InChI is InChI=1S/C24H31N7O/c1-29-16-18(13-27-29)21-11-22(28-19-14-25-17-26-15-19)24(32-2)12-23(21)31-9-7-30(8-10-31)20-5-3-4-6-20/h11-17,20,28H,3-10H2,1-2H3. The molecule has 8 heteroatoms. The molecule has 1 N–H and O–H groups in total. The fraction of sp³-hybridized carbons (Fsp3) is 0.458. The lowest BCUT2D eigenvalue weighted by Gasteiger charge is -2.40. The van der Waals surface area contributed by atoms with E-state index in [1.54, 1.807) is 19.5 Å². The van der Waals surface area contributed by atoms with E-state index >= 15 is 0 Å². The summed E-state index contributed by atoms with van der Waals surface area (Å²) < 4.78 is 7.63. The van der Waals surface area contributed by atoms with Crippen LogP contribution in [-0.2, 0) is 7.05 Å². The van der Waals surface area contributed by atoms with Gasteiger partial charge in [0.25, 0.3) is 0 Å². The summed E-state index contributed by atoms with van der Waals surface area (Å²) >= 11 is 0. The van der Waals surface area contributed by atoms with Crippen molar-refractivity contribution in [2.24, 2.45) is 7.05 Å². The number of nitrogens with zero attached hydrogens (tertiary/aromatic N) is 6. The normalized spacial score (nSPS) is 17.6. The van der Waals surface area contributed by atoms with Crippen molar-refractivity contribution in [2.45, 2.75) is 31.7 Å². The van der Waals surface area contributed by atoms with Crippen LogP contribution >= 0.6 is 0 Å². The molecule has 0 amide bonds. The minimum absolute atomic E-state index is 0.782. The third-order valence-corrected chi connectivity index (χ3v) is 6.67. The average Bonchev–Trinajstić information content (AvgIpc) is 3.52. The number of aromatic nitrogens is 4.